The van der Waals surface area contributed by atoms with Crippen LogP contribution < -0.4 is 0 Å². The van der Waals surface area contributed by atoms with Crippen LogP contribution in [0.3, 0.4) is 0 Å². The first kappa shape index (κ1) is 16.0. The van der Waals surface area contributed by atoms with E-state index in [4.69, 9.17) is 0 Å². The molecule has 1 aliphatic carbocycles. The molecule has 0 amide bonds. The highest BCUT2D eigenvalue weighted by Crippen LogP contribution is 2.35. The van der Waals surface area contributed by atoms with Gasteiger partial charge in [-0.1, -0.05) is 78.1 Å². The van der Waals surface area contributed by atoms with E-state index in [9.17, 15) is 5.11 Å². The van der Waals surface area contributed by atoms with Crippen molar-refractivity contribution in [1.82, 2.24) is 0 Å². The zero-order chi connectivity index (χ0) is 13.3. The van der Waals surface area contributed by atoms with E-state index < -0.39 is 0 Å². The van der Waals surface area contributed by atoms with E-state index >= 15 is 0 Å². The van der Waals surface area contributed by atoms with E-state index in [2.05, 4.69) is 13.8 Å². The Bertz CT molecular complexity index is 202. The van der Waals surface area contributed by atoms with Crippen molar-refractivity contribution in [2.24, 2.45) is 5.92 Å². The Balaban J connectivity index is 1.96. The van der Waals surface area contributed by atoms with E-state index in [-0.39, 0.29) is 5.60 Å². The van der Waals surface area contributed by atoms with Crippen LogP contribution in [0.25, 0.3) is 0 Å². The minimum Gasteiger partial charge on any atom is -0.390 e. The van der Waals surface area contributed by atoms with Crippen molar-refractivity contribution >= 4 is 0 Å². The van der Waals surface area contributed by atoms with Crippen LogP contribution in [-0.2, 0) is 0 Å². The third-order valence-electron chi connectivity index (χ3n) is 4.56. The molecule has 1 aliphatic rings. The van der Waals surface area contributed by atoms with Gasteiger partial charge in [-0.25, -0.2) is 0 Å². The molecule has 0 aliphatic heterocycles. The molecule has 0 heterocycles. The van der Waals surface area contributed by atoms with Crippen molar-refractivity contribution in [2.45, 2.75) is 103 Å². The van der Waals surface area contributed by atoms with Crippen LogP contribution >= 0.6 is 0 Å². The summed E-state index contributed by atoms with van der Waals surface area (Å²) in [5.41, 5.74) is -0.306. The molecule has 0 bridgehead atoms. The largest absolute Gasteiger partial charge is 0.390 e. The highest BCUT2D eigenvalue weighted by atomic mass is 16.3. The van der Waals surface area contributed by atoms with Crippen molar-refractivity contribution in [3.63, 3.8) is 0 Å². The molecule has 18 heavy (non-hydrogen) atoms. The van der Waals surface area contributed by atoms with Gasteiger partial charge >= 0.3 is 0 Å². The molecule has 2 atom stereocenters. The van der Waals surface area contributed by atoms with E-state index in [1.165, 1.54) is 64.2 Å². The van der Waals surface area contributed by atoms with E-state index in [1.54, 1.807) is 0 Å². The molecule has 0 aromatic heterocycles. The van der Waals surface area contributed by atoms with Crippen LogP contribution in [-0.4, -0.2) is 10.7 Å². The lowest BCUT2D eigenvalue weighted by Crippen LogP contribution is -2.34. The van der Waals surface area contributed by atoms with Gasteiger partial charge in [0.15, 0.2) is 0 Å². The summed E-state index contributed by atoms with van der Waals surface area (Å²) in [6.07, 6.45) is 16.6. The van der Waals surface area contributed by atoms with Crippen LogP contribution in [0.15, 0.2) is 0 Å². The van der Waals surface area contributed by atoms with Crippen molar-refractivity contribution in [1.29, 1.82) is 0 Å². The van der Waals surface area contributed by atoms with Crippen LogP contribution in [0.4, 0.5) is 0 Å². The SMILES string of the molecule is CCCCCCCCCCC1(O)CCCC(C)C1. The average Bonchev–Trinajstić information content (AvgIpc) is 2.32. The molecule has 0 radical (unpaired) electrons. The normalized spacial score (nSPS) is 28.5. The average molecular weight is 254 g/mol. The number of aliphatic hydroxyl groups is 1. The predicted octanol–water partition coefficient (Wildman–Crippen LogP) is 5.46. The van der Waals surface area contributed by atoms with Gasteiger partial charge in [0.1, 0.15) is 0 Å². The lowest BCUT2D eigenvalue weighted by Gasteiger charge is -2.35. The number of hydrogen-bond acceptors (Lipinski definition) is 1. The molecule has 0 aromatic carbocycles. The van der Waals surface area contributed by atoms with Crippen molar-refractivity contribution in [3.8, 4) is 0 Å². The topological polar surface area (TPSA) is 20.2 Å². The predicted molar refractivity (Wildman–Crippen MR) is 79.8 cm³/mol. The van der Waals surface area contributed by atoms with Crippen LogP contribution in [0.2, 0.25) is 0 Å². The lowest BCUT2D eigenvalue weighted by molar-refractivity contribution is -0.0219. The maximum Gasteiger partial charge on any atom is 0.0650 e. The number of rotatable bonds is 9. The van der Waals surface area contributed by atoms with E-state index in [1.807, 2.05) is 0 Å². The van der Waals surface area contributed by atoms with Gasteiger partial charge in [0.2, 0.25) is 0 Å². The molecule has 1 nitrogen and oxygen atoms in total. The second kappa shape index (κ2) is 8.96. The number of unbranched alkanes of at least 4 members (excludes halogenated alkanes) is 7. The first-order valence-electron chi connectivity index (χ1n) is 8.39. The molecular formula is C17H34O. The van der Waals surface area contributed by atoms with Crippen molar-refractivity contribution < 1.29 is 5.11 Å². The third kappa shape index (κ3) is 6.78. The smallest absolute Gasteiger partial charge is 0.0650 e. The summed E-state index contributed by atoms with van der Waals surface area (Å²) in [6, 6.07) is 0. The summed E-state index contributed by atoms with van der Waals surface area (Å²) >= 11 is 0. The summed E-state index contributed by atoms with van der Waals surface area (Å²) in [4.78, 5) is 0. The quantitative estimate of drug-likeness (QED) is 0.542. The Morgan fingerprint density at radius 1 is 1.00 bits per heavy atom. The fraction of sp³-hybridized carbons (Fsp3) is 1.00. The maximum absolute atomic E-state index is 10.5. The zero-order valence-corrected chi connectivity index (χ0v) is 12.7. The van der Waals surface area contributed by atoms with Gasteiger partial charge in [0.25, 0.3) is 0 Å². The summed E-state index contributed by atoms with van der Waals surface area (Å²) in [5.74, 6) is 0.734. The molecular weight excluding hydrogens is 220 g/mol. The van der Waals surface area contributed by atoms with Crippen molar-refractivity contribution in [3.05, 3.63) is 0 Å². The fourth-order valence-electron chi connectivity index (χ4n) is 3.45. The summed E-state index contributed by atoms with van der Waals surface area (Å²) in [5, 5.41) is 10.5. The molecule has 1 saturated carbocycles. The molecule has 1 N–H and O–H groups in total. The molecule has 1 rings (SSSR count). The Labute approximate surface area is 114 Å². The summed E-state index contributed by atoms with van der Waals surface area (Å²) < 4.78 is 0. The van der Waals surface area contributed by atoms with Gasteiger partial charge in [-0.2, -0.15) is 0 Å². The zero-order valence-electron chi connectivity index (χ0n) is 12.7. The second-order valence-electron chi connectivity index (χ2n) is 6.65. The minimum absolute atomic E-state index is 0.306. The van der Waals surface area contributed by atoms with E-state index in [0.29, 0.717) is 0 Å². The standard InChI is InChI=1S/C17H34O/c1-3-4-5-6-7-8-9-10-13-17(18)14-11-12-16(2)15-17/h16,18H,3-15H2,1-2H3. The molecule has 0 spiro atoms. The third-order valence-corrected chi connectivity index (χ3v) is 4.56. The summed E-state index contributed by atoms with van der Waals surface area (Å²) in [7, 11) is 0. The van der Waals surface area contributed by atoms with Gasteiger partial charge in [-0.3, -0.25) is 0 Å². The fourth-order valence-corrected chi connectivity index (χ4v) is 3.45. The Kier molecular flexibility index (Phi) is 7.97. The van der Waals surface area contributed by atoms with Gasteiger partial charge in [0.05, 0.1) is 5.60 Å². The Morgan fingerprint density at radius 3 is 2.22 bits per heavy atom. The highest BCUT2D eigenvalue weighted by Gasteiger charge is 2.31. The van der Waals surface area contributed by atoms with E-state index in [0.717, 1.165) is 25.2 Å². The second-order valence-corrected chi connectivity index (χ2v) is 6.65. The first-order chi connectivity index (χ1) is 8.66. The molecule has 2 unspecified atom stereocenters. The molecule has 0 aromatic rings. The summed E-state index contributed by atoms with van der Waals surface area (Å²) in [6.45, 7) is 4.56. The van der Waals surface area contributed by atoms with Crippen LogP contribution in [0.1, 0.15) is 97.3 Å². The lowest BCUT2D eigenvalue weighted by atomic mass is 9.76. The first-order valence-corrected chi connectivity index (χ1v) is 8.39. The molecule has 0 saturated heterocycles. The van der Waals surface area contributed by atoms with Crippen molar-refractivity contribution in [2.75, 3.05) is 0 Å². The molecule has 1 heteroatoms. The Morgan fingerprint density at radius 2 is 1.61 bits per heavy atom. The monoisotopic (exact) mass is 254 g/mol. The van der Waals surface area contributed by atoms with Gasteiger partial charge < -0.3 is 5.11 Å². The maximum atomic E-state index is 10.5. The Hall–Kier alpha value is -0.0400. The van der Waals surface area contributed by atoms with Crippen LogP contribution in [0.5, 0.6) is 0 Å². The number of hydrogen-bond donors (Lipinski definition) is 1. The highest BCUT2D eigenvalue weighted by molar-refractivity contribution is 4.84. The molecule has 1 fully saturated rings. The molecule has 108 valence electrons. The van der Waals surface area contributed by atoms with Gasteiger partial charge in [0, 0.05) is 0 Å². The van der Waals surface area contributed by atoms with Gasteiger partial charge in [-0.05, 0) is 25.2 Å². The van der Waals surface area contributed by atoms with Gasteiger partial charge in [-0.15, -0.1) is 0 Å². The van der Waals surface area contributed by atoms with Crippen LogP contribution in [0, 0.1) is 5.92 Å². The minimum atomic E-state index is -0.306.